The summed E-state index contributed by atoms with van der Waals surface area (Å²) in [5.74, 6) is 1.10. The minimum absolute atomic E-state index is 0.277. The van der Waals surface area contributed by atoms with E-state index in [0.717, 1.165) is 16.8 Å². The standard InChI is InChI=1S/C31H25Cl3N4O2S/c1-21-13-15-25(16-14-21)37-27(22-9-5-3-6-10-22)35-30-36(24-17-19-26(40-2)20-18-24)29(31(32,33)34)38(41(30)37)28(39)23-11-7-4-8-12-23/h3-20,29H,1-2H3. The number of amidine groups is 1. The zero-order valence-electron chi connectivity index (χ0n) is 22.1. The van der Waals surface area contributed by atoms with Gasteiger partial charge in [-0.1, -0.05) is 101 Å². The molecule has 0 bridgehead atoms. The smallest absolute Gasteiger partial charge is 0.266 e. The second-order valence-corrected chi connectivity index (χ2v) is 13.5. The number of hydrogen-bond donors (Lipinski definition) is 0. The summed E-state index contributed by atoms with van der Waals surface area (Å²) in [6, 6.07) is 34.4. The number of rotatable bonds is 5. The Morgan fingerprint density at radius 2 is 1.41 bits per heavy atom. The van der Waals surface area contributed by atoms with Crippen molar-refractivity contribution in [3.63, 3.8) is 0 Å². The van der Waals surface area contributed by atoms with Crippen molar-refractivity contribution in [1.29, 1.82) is 0 Å². The van der Waals surface area contributed by atoms with Crippen LogP contribution in [0.2, 0.25) is 0 Å². The first-order chi connectivity index (χ1) is 19.8. The Kier molecular flexibility index (Phi) is 7.47. The van der Waals surface area contributed by atoms with Crippen LogP contribution in [0.4, 0.5) is 11.4 Å². The molecule has 0 radical (unpaired) electrons. The number of alkyl halides is 3. The van der Waals surface area contributed by atoms with Crippen LogP contribution in [0.3, 0.4) is 0 Å². The molecule has 6 nitrogen and oxygen atoms in total. The predicted octanol–water partition coefficient (Wildman–Crippen LogP) is 7.82. The lowest BCUT2D eigenvalue weighted by atomic mass is 10.2. The van der Waals surface area contributed by atoms with Crippen LogP contribution in [0.25, 0.3) is 0 Å². The molecular formula is C31H25Cl3N4O2S. The van der Waals surface area contributed by atoms with Crippen molar-refractivity contribution < 1.29 is 9.53 Å². The van der Waals surface area contributed by atoms with Crippen LogP contribution in [0, 0.1) is 6.92 Å². The molecule has 1 amide bonds. The van der Waals surface area contributed by atoms with Gasteiger partial charge in [0.25, 0.3) is 5.91 Å². The fourth-order valence-corrected chi connectivity index (χ4v) is 7.96. The number of methoxy groups -OCH3 is 1. The van der Waals surface area contributed by atoms with Gasteiger partial charge in [-0.05, 0) is 55.5 Å². The van der Waals surface area contributed by atoms with E-state index in [1.807, 2.05) is 109 Å². The molecule has 2 unspecified atom stereocenters. The highest BCUT2D eigenvalue weighted by Gasteiger charge is 2.56. The molecule has 0 spiro atoms. The van der Waals surface area contributed by atoms with E-state index in [4.69, 9.17) is 44.5 Å². The van der Waals surface area contributed by atoms with Gasteiger partial charge >= 0.3 is 0 Å². The number of aryl methyl sites for hydroxylation is 1. The molecule has 0 fully saturated rings. The average Bonchev–Trinajstić information content (AvgIpc) is 3.53. The van der Waals surface area contributed by atoms with Gasteiger partial charge in [0.1, 0.15) is 5.75 Å². The zero-order valence-corrected chi connectivity index (χ0v) is 25.2. The lowest BCUT2D eigenvalue weighted by Gasteiger charge is -2.39. The Balaban J connectivity index is 1.62. The third-order valence-corrected chi connectivity index (χ3v) is 9.42. The molecule has 0 N–H and O–H groups in total. The first-order valence-electron chi connectivity index (χ1n) is 12.8. The summed E-state index contributed by atoms with van der Waals surface area (Å²) in [6.45, 7) is 2.03. The van der Waals surface area contributed by atoms with Gasteiger partial charge < -0.3 is 4.74 Å². The fourth-order valence-electron chi connectivity index (χ4n) is 4.80. The van der Waals surface area contributed by atoms with Crippen LogP contribution < -0.4 is 13.9 Å². The molecule has 0 aliphatic carbocycles. The van der Waals surface area contributed by atoms with Crippen molar-refractivity contribution in [1.82, 2.24) is 4.31 Å². The summed E-state index contributed by atoms with van der Waals surface area (Å²) in [5, 5.41) is 0.593. The van der Waals surface area contributed by atoms with E-state index >= 15 is 0 Å². The molecule has 0 aromatic heterocycles. The summed E-state index contributed by atoms with van der Waals surface area (Å²) >= 11 is 20.2. The SMILES string of the molecule is COc1ccc(N2C3=S(N(c4ccc(C)cc4)C(c4ccccc4)=N3)N(C(=O)c3ccccc3)C2C(Cl)(Cl)Cl)cc1. The van der Waals surface area contributed by atoms with Crippen molar-refractivity contribution in [2.45, 2.75) is 16.9 Å². The number of carbonyl (C=O) groups is 1. The van der Waals surface area contributed by atoms with Gasteiger partial charge in [-0.3, -0.25) is 14.0 Å². The van der Waals surface area contributed by atoms with Crippen molar-refractivity contribution in [2.75, 3.05) is 16.3 Å². The van der Waals surface area contributed by atoms with Crippen LogP contribution in [-0.2, 0) is 0 Å². The van der Waals surface area contributed by atoms with Gasteiger partial charge in [0.15, 0.2) is 12.0 Å². The van der Waals surface area contributed by atoms with Gasteiger partial charge in [-0.15, -0.1) is 0 Å². The Hall–Kier alpha value is -3.49. The van der Waals surface area contributed by atoms with Gasteiger partial charge in [-0.2, -0.15) is 0 Å². The number of nitrogens with zero attached hydrogens (tertiary/aromatic N) is 4. The molecule has 41 heavy (non-hydrogen) atoms. The Bertz CT molecular complexity index is 1640. The van der Waals surface area contributed by atoms with Gasteiger partial charge in [0.2, 0.25) is 8.90 Å². The molecular weight excluding hydrogens is 599 g/mol. The number of amides is 1. The summed E-state index contributed by atoms with van der Waals surface area (Å²) in [6.07, 6.45) is -0.999. The maximum absolute atomic E-state index is 14.4. The number of halogens is 3. The van der Waals surface area contributed by atoms with E-state index in [9.17, 15) is 4.79 Å². The molecule has 4 aromatic carbocycles. The largest absolute Gasteiger partial charge is 0.497 e. The molecule has 4 aromatic rings. The minimum atomic E-state index is -1.89. The number of hydrogen-bond acceptors (Lipinski definition) is 5. The van der Waals surface area contributed by atoms with Gasteiger partial charge in [0.05, 0.1) is 23.7 Å². The molecule has 6 rings (SSSR count). The van der Waals surface area contributed by atoms with E-state index in [0.29, 0.717) is 27.9 Å². The van der Waals surface area contributed by atoms with E-state index in [1.165, 1.54) is 0 Å². The van der Waals surface area contributed by atoms with Crippen molar-refractivity contribution in [3.05, 3.63) is 126 Å². The number of anilines is 2. The summed E-state index contributed by atoms with van der Waals surface area (Å²) in [7, 11) is 0.500. The third-order valence-electron chi connectivity index (χ3n) is 6.75. The molecule has 2 heterocycles. The summed E-state index contributed by atoms with van der Waals surface area (Å²) in [5.41, 5.74) is 4.06. The molecule has 0 saturated heterocycles. The highest BCUT2D eigenvalue weighted by molar-refractivity contribution is 8.17. The van der Waals surface area contributed by atoms with Crippen LogP contribution in [0.1, 0.15) is 21.5 Å². The van der Waals surface area contributed by atoms with E-state index in [-0.39, 0.29) is 5.91 Å². The maximum Gasteiger partial charge on any atom is 0.266 e. The van der Waals surface area contributed by atoms with Crippen LogP contribution in [-0.4, -0.2) is 38.2 Å². The topological polar surface area (TPSA) is 48.4 Å². The van der Waals surface area contributed by atoms with Gasteiger partial charge in [-0.25, -0.2) is 9.30 Å². The van der Waals surface area contributed by atoms with Gasteiger partial charge in [0, 0.05) is 16.8 Å². The minimum Gasteiger partial charge on any atom is -0.497 e. The van der Waals surface area contributed by atoms with Crippen molar-refractivity contribution >= 4 is 73.9 Å². The summed E-state index contributed by atoms with van der Waals surface area (Å²) in [4.78, 5) is 21.5. The van der Waals surface area contributed by atoms with E-state index in [2.05, 4.69) is 4.31 Å². The molecule has 2 atom stereocenters. The molecule has 2 aliphatic rings. The number of benzene rings is 4. The molecule has 2 aliphatic heterocycles. The normalized spacial score (nSPS) is 18.4. The predicted molar refractivity (Wildman–Crippen MR) is 171 cm³/mol. The Morgan fingerprint density at radius 1 is 0.829 bits per heavy atom. The number of ether oxygens (including phenoxy) is 1. The maximum atomic E-state index is 14.4. The van der Waals surface area contributed by atoms with Crippen LogP contribution >= 0.6 is 45.7 Å². The number of aliphatic imine (C=N–C) groups is 1. The average molecular weight is 624 g/mol. The van der Waals surface area contributed by atoms with Crippen LogP contribution in [0.15, 0.2) is 114 Å². The monoisotopic (exact) mass is 622 g/mol. The molecule has 0 saturated carbocycles. The highest BCUT2D eigenvalue weighted by atomic mass is 35.6. The van der Waals surface area contributed by atoms with E-state index < -0.39 is 20.8 Å². The Labute approximate surface area is 256 Å². The summed E-state index contributed by atoms with van der Waals surface area (Å²) < 4.78 is 7.22. The third kappa shape index (κ3) is 5.08. The highest BCUT2D eigenvalue weighted by Crippen LogP contribution is 2.53. The van der Waals surface area contributed by atoms with Crippen molar-refractivity contribution in [2.24, 2.45) is 4.99 Å². The first kappa shape index (κ1) is 27.7. The quantitative estimate of drug-likeness (QED) is 0.168. The van der Waals surface area contributed by atoms with Crippen molar-refractivity contribution in [3.8, 4) is 5.75 Å². The van der Waals surface area contributed by atoms with E-state index in [1.54, 1.807) is 23.5 Å². The lowest BCUT2D eigenvalue weighted by Crippen LogP contribution is -2.53. The van der Waals surface area contributed by atoms with Crippen LogP contribution in [0.5, 0.6) is 5.75 Å². The first-order valence-corrected chi connectivity index (χ1v) is 15.1. The number of carbonyl (C=O) groups excluding carboxylic acids is 1. The molecule has 208 valence electrons. The zero-order chi connectivity index (χ0) is 28.7. The molecule has 10 heteroatoms. The second kappa shape index (κ2) is 11.1. The fraction of sp³-hybridized carbons (Fsp3) is 0.129. The lowest BCUT2D eigenvalue weighted by molar-refractivity contribution is 0.0841. The Morgan fingerprint density at radius 3 is 2.00 bits per heavy atom. The second-order valence-electron chi connectivity index (χ2n) is 9.46.